The molecule has 1 rings (SSSR count). The van der Waals surface area contributed by atoms with E-state index in [4.69, 9.17) is 9.47 Å². The third-order valence-corrected chi connectivity index (χ3v) is 1.42. The molecule has 0 aliphatic carbocycles. The highest BCUT2D eigenvalue weighted by atomic mass is 16.7. The second kappa shape index (κ2) is 2.42. The van der Waals surface area contributed by atoms with Gasteiger partial charge in [0.2, 0.25) is 6.29 Å². The van der Waals surface area contributed by atoms with E-state index in [0.29, 0.717) is 5.57 Å². The van der Waals surface area contributed by atoms with Crippen molar-refractivity contribution in [2.45, 2.75) is 26.2 Å². The van der Waals surface area contributed by atoms with Gasteiger partial charge in [-0.1, -0.05) is 6.58 Å². The van der Waals surface area contributed by atoms with Gasteiger partial charge in [0, 0.05) is 0 Å². The molecule has 0 spiro atoms. The summed E-state index contributed by atoms with van der Waals surface area (Å²) in [5.74, 6) is -0.355. The molecule has 0 N–H and O–H groups in total. The quantitative estimate of drug-likeness (QED) is 0.371. The van der Waals surface area contributed by atoms with Gasteiger partial charge < -0.3 is 9.47 Å². The molecule has 2 atom stereocenters. The highest BCUT2D eigenvalue weighted by Gasteiger charge is 2.26. The average molecular weight is 142 g/mol. The van der Waals surface area contributed by atoms with Crippen LogP contribution in [0, 0.1) is 0 Å². The molecule has 0 radical (unpaired) electrons. The summed E-state index contributed by atoms with van der Waals surface area (Å²) in [6, 6.07) is 0. The average Bonchev–Trinajstić information content (AvgIpc) is 1.82. The molecule has 1 saturated heterocycles. The van der Waals surface area contributed by atoms with Crippen molar-refractivity contribution in [1.29, 1.82) is 0 Å². The normalized spacial score (nSPS) is 33.8. The van der Waals surface area contributed by atoms with Crippen LogP contribution in [0.15, 0.2) is 12.2 Å². The molecule has 1 aliphatic heterocycles. The fraction of sp³-hybridized carbons (Fsp3) is 0.571. The maximum absolute atomic E-state index is 10.8. The first-order valence-electron chi connectivity index (χ1n) is 3.16. The second-order valence-electron chi connectivity index (χ2n) is 2.28. The van der Waals surface area contributed by atoms with E-state index < -0.39 is 6.29 Å². The zero-order valence-corrected chi connectivity index (χ0v) is 6.09. The molecule has 10 heavy (non-hydrogen) atoms. The van der Waals surface area contributed by atoms with Crippen LogP contribution in [0.4, 0.5) is 0 Å². The summed E-state index contributed by atoms with van der Waals surface area (Å²) >= 11 is 0. The minimum Gasteiger partial charge on any atom is -0.433 e. The van der Waals surface area contributed by atoms with Crippen molar-refractivity contribution >= 4 is 5.97 Å². The number of cyclic esters (lactones) is 1. The Morgan fingerprint density at radius 1 is 1.50 bits per heavy atom. The molecule has 0 amide bonds. The van der Waals surface area contributed by atoms with E-state index in [0.717, 1.165) is 0 Å². The fourth-order valence-corrected chi connectivity index (χ4v) is 0.790. The number of hydrogen-bond donors (Lipinski definition) is 0. The van der Waals surface area contributed by atoms with E-state index >= 15 is 0 Å². The SMILES string of the molecule is C=C1C(=O)O[C@@H](C)O[C@@H]1C. The Morgan fingerprint density at radius 3 is 2.60 bits per heavy atom. The molecule has 0 aromatic carbocycles. The van der Waals surface area contributed by atoms with E-state index in [1.165, 1.54) is 0 Å². The van der Waals surface area contributed by atoms with E-state index in [9.17, 15) is 4.79 Å². The molecule has 1 fully saturated rings. The Morgan fingerprint density at radius 2 is 2.10 bits per heavy atom. The number of carbonyl (C=O) groups is 1. The summed E-state index contributed by atoms with van der Waals surface area (Å²) < 4.78 is 9.83. The summed E-state index contributed by atoms with van der Waals surface area (Å²) in [4.78, 5) is 10.8. The predicted molar refractivity (Wildman–Crippen MR) is 35.2 cm³/mol. The number of ether oxygens (including phenoxy) is 2. The van der Waals surface area contributed by atoms with Gasteiger partial charge in [-0.25, -0.2) is 4.79 Å². The molecule has 1 aliphatic rings. The van der Waals surface area contributed by atoms with E-state index in [-0.39, 0.29) is 12.1 Å². The maximum Gasteiger partial charge on any atom is 0.338 e. The molecule has 3 nitrogen and oxygen atoms in total. The molecule has 0 saturated carbocycles. The van der Waals surface area contributed by atoms with Crippen molar-refractivity contribution in [2.24, 2.45) is 0 Å². The van der Waals surface area contributed by atoms with Crippen LogP contribution < -0.4 is 0 Å². The van der Waals surface area contributed by atoms with Crippen molar-refractivity contribution < 1.29 is 14.3 Å². The van der Waals surface area contributed by atoms with Crippen molar-refractivity contribution in [3.63, 3.8) is 0 Å². The van der Waals surface area contributed by atoms with Gasteiger partial charge in [-0.15, -0.1) is 0 Å². The van der Waals surface area contributed by atoms with Gasteiger partial charge in [0.15, 0.2) is 0 Å². The van der Waals surface area contributed by atoms with Gasteiger partial charge in [-0.2, -0.15) is 0 Å². The first-order chi connectivity index (χ1) is 4.61. The highest BCUT2D eigenvalue weighted by molar-refractivity contribution is 5.89. The summed E-state index contributed by atoms with van der Waals surface area (Å²) in [6.07, 6.45) is -0.649. The van der Waals surface area contributed by atoms with Gasteiger partial charge in [0.05, 0.1) is 11.7 Å². The summed E-state index contributed by atoms with van der Waals surface area (Å²) in [6.45, 7) is 6.97. The number of rotatable bonds is 0. The first-order valence-corrected chi connectivity index (χ1v) is 3.16. The number of esters is 1. The standard InChI is InChI=1S/C7H10O3/c1-4-5(2)9-6(3)10-7(4)8/h5-6H,1H2,2-3H3/t5-,6+/m1/s1. The lowest BCUT2D eigenvalue weighted by molar-refractivity contribution is -0.192. The lowest BCUT2D eigenvalue weighted by Gasteiger charge is -2.26. The van der Waals surface area contributed by atoms with Crippen molar-refractivity contribution in [1.82, 2.24) is 0 Å². The summed E-state index contributed by atoms with van der Waals surface area (Å²) in [5.41, 5.74) is 0.387. The van der Waals surface area contributed by atoms with Crippen LogP contribution >= 0.6 is 0 Å². The predicted octanol–water partition coefficient (Wildman–Crippen LogP) is 0.850. The van der Waals surface area contributed by atoms with E-state index in [2.05, 4.69) is 6.58 Å². The van der Waals surface area contributed by atoms with E-state index in [1.54, 1.807) is 13.8 Å². The Balaban J connectivity index is 2.66. The Bertz CT molecular complexity index is 174. The van der Waals surface area contributed by atoms with Gasteiger partial charge >= 0.3 is 5.97 Å². The lowest BCUT2D eigenvalue weighted by atomic mass is 10.2. The van der Waals surface area contributed by atoms with Crippen LogP contribution in [0.1, 0.15) is 13.8 Å². The molecule has 0 aromatic heterocycles. The molecule has 0 aromatic rings. The first kappa shape index (κ1) is 7.28. The molecular formula is C7H10O3. The topological polar surface area (TPSA) is 35.5 Å². The van der Waals surface area contributed by atoms with Crippen molar-refractivity contribution in [3.8, 4) is 0 Å². The van der Waals surface area contributed by atoms with E-state index in [1.807, 2.05) is 0 Å². The van der Waals surface area contributed by atoms with Gasteiger partial charge in [0.25, 0.3) is 0 Å². The van der Waals surface area contributed by atoms with Crippen LogP contribution in [0.2, 0.25) is 0 Å². The van der Waals surface area contributed by atoms with Crippen LogP contribution in [-0.2, 0) is 14.3 Å². The Labute approximate surface area is 59.6 Å². The molecule has 0 bridgehead atoms. The third-order valence-electron chi connectivity index (χ3n) is 1.42. The van der Waals surface area contributed by atoms with Crippen LogP contribution in [0.25, 0.3) is 0 Å². The minimum atomic E-state index is -0.437. The smallest absolute Gasteiger partial charge is 0.338 e. The lowest BCUT2D eigenvalue weighted by Crippen LogP contribution is -2.33. The summed E-state index contributed by atoms with van der Waals surface area (Å²) in [7, 11) is 0. The Kier molecular flexibility index (Phi) is 1.76. The maximum atomic E-state index is 10.8. The molecule has 56 valence electrons. The zero-order valence-electron chi connectivity index (χ0n) is 6.09. The number of hydrogen-bond acceptors (Lipinski definition) is 3. The summed E-state index contributed by atoms with van der Waals surface area (Å²) in [5, 5.41) is 0. The van der Waals surface area contributed by atoms with Crippen LogP contribution in [-0.4, -0.2) is 18.4 Å². The monoisotopic (exact) mass is 142 g/mol. The molecular weight excluding hydrogens is 132 g/mol. The number of carbonyl (C=O) groups excluding carboxylic acids is 1. The zero-order chi connectivity index (χ0) is 7.72. The van der Waals surface area contributed by atoms with Crippen molar-refractivity contribution in [3.05, 3.63) is 12.2 Å². The second-order valence-corrected chi connectivity index (χ2v) is 2.28. The molecule has 1 heterocycles. The Hall–Kier alpha value is -0.830. The van der Waals surface area contributed by atoms with Gasteiger partial charge in [-0.3, -0.25) is 0 Å². The molecule has 0 unspecified atom stereocenters. The van der Waals surface area contributed by atoms with Crippen molar-refractivity contribution in [2.75, 3.05) is 0 Å². The third kappa shape index (κ3) is 1.19. The highest BCUT2D eigenvalue weighted by Crippen LogP contribution is 2.16. The van der Waals surface area contributed by atoms with Gasteiger partial charge in [0.1, 0.15) is 0 Å². The molecule has 3 heteroatoms. The van der Waals surface area contributed by atoms with Gasteiger partial charge in [-0.05, 0) is 13.8 Å². The minimum absolute atomic E-state index is 0.212. The van der Waals surface area contributed by atoms with Crippen LogP contribution in [0.3, 0.4) is 0 Å². The van der Waals surface area contributed by atoms with Crippen LogP contribution in [0.5, 0.6) is 0 Å². The fourth-order valence-electron chi connectivity index (χ4n) is 0.790. The largest absolute Gasteiger partial charge is 0.433 e.